The molecule has 0 saturated carbocycles. The van der Waals surface area contributed by atoms with E-state index in [1.165, 1.54) is 17.0 Å². The highest BCUT2D eigenvalue weighted by molar-refractivity contribution is 5.91. The standard InChI is InChI=1S/C29H24F3N3O3/c30-29(31,32)22-13-11-19(12-14-22)16-34-18-33-23-17-35(25(28(37)38)15-24(23)34)27(36)26(20-7-3-1-4-8-20)21-9-5-2-6-10-21/h1-14,18,25-26H,15-17H2,(H,37,38). The summed E-state index contributed by atoms with van der Waals surface area (Å²) in [7, 11) is 0. The zero-order chi connectivity index (χ0) is 26.9. The van der Waals surface area contributed by atoms with Crippen LogP contribution in [0.2, 0.25) is 0 Å². The SMILES string of the molecule is O=C(O)C1Cc2c(ncn2Cc2ccc(C(F)(F)F)cc2)CN1C(=O)C(c1ccccc1)c1ccccc1. The van der Waals surface area contributed by atoms with E-state index in [1.54, 1.807) is 10.9 Å². The number of carboxylic acids is 1. The first-order chi connectivity index (χ1) is 18.2. The van der Waals surface area contributed by atoms with Gasteiger partial charge in [-0.1, -0.05) is 72.8 Å². The number of benzene rings is 3. The number of hydrogen-bond donors (Lipinski definition) is 1. The summed E-state index contributed by atoms with van der Waals surface area (Å²) in [6, 6.07) is 22.2. The summed E-state index contributed by atoms with van der Waals surface area (Å²) in [6.45, 7) is 0.249. The van der Waals surface area contributed by atoms with E-state index < -0.39 is 29.7 Å². The van der Waals surface area contributed by atoms with Crippen LogP contribution in [0.1, 0.15) is 39.6 Å². The molecule has 194 valence electrons. The zero-order valence-corrected chi connectivity index (χ0v) is 20.2. The van der Waals surface area contributed by atoms with E-state index >= 15 is 0 Å². The number of imidazole rings is 1. The van der Waals surface area contributed by atoms with E-state index in [-0.39, 0.29) is 25.4 Å². The maximum Gasteiger partial charge on any atom is 0.416 e. The Morgan fingerprint density at radius 3 is 2.03 bits per heavy atom. The van der Waals surface area contributed by atoms with Gasteiger partial charge in [0.25, 0.3) is 0 Å². The topological polar surface area (TPSA) is 75.4 Å². The molecule has 5 rings (SSSR count). The molecule has 2 heterocycles. The van der Waals surface area contributed by atoms with Crippen molar-refractivity contribution in [2.75, 3.05) is 0 Å². The largest absolute Gasteiger partial charge is 0.480 e. The zero-order valence-electron chi connectivity index (χ0n) is 20.2. The Bertz CT molecular complexity index is 1400. The highest BCUT2D eigenvalue weighted by Crippen LogP contribution is 2.32. The monoisotopic (exact) mass is 519 g/mol. The number of hydrogen-bond acceptors (Lipinski definition) is 3. The number of amides is 1. The van der Waals surface area contributed by atoms with Crippen LogP contribution >= 0.6 is 0 Å². The number of carbonyl (C=O) groups is 2. The third-order valence-corrected chi connectivity index (χ3v) is 6.83. The van der Waals surface area contributed by atoms with Crippen LogP contribution in [0.25, 0.3) is 0 Å². The first-order valence-electron chi connectivity index (χ1n) is 12.0. The Balaban J connectivity index is 1.44. The van der Waals surface area contributed by atoms with Crippen LogP contribution in [0.4, 0.5) is 13.2 Å². The maximum atomic E-state index is 14.0. The number of carboxylic acid groups (broad SMARTS) is 1. The second-order valence-corrected chi connectivity index (χ2v) is 9.24. The Labute approximate surface area is 217 Å². The number of rotatable bonds is 6. The first kappa shape index (κ1) is 25.3. The molecular weight excluding hydrogens is 495 g/mol. The van der Waals surface area contributed by atoms with E-state index in [2.05, 4.69) is 4.98 Å². The van der Waals surface area contributed by atoms with Crippen LogP contribution < -0.4 is 0 Å². The third kappa shape index (κ3) is 5.04. The number of aromatic nitrogens is 2. The summed E-state index contributed by atoms with van der Waals surface area (Å²) in [5.74, 6) is -2.15. The molecule has 1 N–H and O–H groups in total. The van der Waals surface area contributed by atoms with Gasteiger partial charge in [-0.15, -0.1) is 0 Å². The van der Waals surface area contributed by atoms with Gasteiger partial charge in [-0.05, 0) is 28.8 Å². The van der Waals surface area contributed by atoms with Crippen LogP contribution in [0, 0.1) is 0 Å². The van der Waals surface area contributed by atoms with Crippen molar-refractivity contribution in [3.63, 3.8) is 0 Å². The fraction of sp³-hybridized carbons (Fsp3) is 0.207. The van der Waals surface area contributed by atoms with Crippen molar-refractivity contribution in [2.24, 2.45) is 0 Å². The lowest BCUT2D eigenvalue weighted by atomic mass is 9.88. The number of carbonyl (C=O) groups excluding carboxylic acids is 1. The van der Waals surface area contributed by atoms with Crippen LogP contribution in [-0.4, -0.2) is 37.5 Å². The number of alkyl halides is 3. The Morgan fingerprint density at radius 1 is 0.921 bits per heavy atom. The molecule has 3 aromatic carbocycles. The number of aliphatic carboxylic acids is 1. The quantitative estimate of drug-likeness (QED) is 0.384. The van der Waals surface area contributed by atoms with Crippen molar-refractivity contribution >= 4 is 11.9 Å². The second kappa shape index (κ2) is 10.2. The van der Waals surface area contributed by atoms with Gasteiger partial charge in [0.15, 0.2) is 0 Å². The normalized spacial score (nSPS) is 15.4. The van der Waals surface area contributed by atoms with Crippen LogP contribution in [0.3, 0.4) is 0 Å². The lowest BCUT2D eigenvalue weighted by Crippen LogP contribution is -2.50. The molecule has 1 unspecified atom stereocenters. The van der Waals surface area contributed by atoms with Crippen molar-refractivity contribution in [3.05, 3.63) is 125 Å². The van der Waals surface area contributed by atoms with E-state index in [4.69, 9.17) is 0 Å². The van der Waals surface area contributed by atoms with Gasteiger partial charge in [-0.3, -0.25) is 4.79 Å². The Morgan fingerprint density at radius 2 is 1.50 bits per heavy atom. The molecule has 1 aromatic heterocycles. The molecule has 0 fully saturated rings. The summed E-state index contributed by atoms with van der Waals surface area (Å²) in [5.41, 5.74) is 2.62. The highest BCUT2D eigenvalue weighted by atomic mass is 19.4. The minimum atomic E-state index is -4.42. The summed E-state index contributed by atoms with van der Waals surface area (Å²) >= 11 is 0. The first-order valence-corrected chi connectivity index (χ1v) is 12.0. The third-order valence-electron chi connectivity index (χ3n) is 6.83. The van der Waals surface area contributed by atoms with Crippen LogP contribution in [-0.2, 0) is 35.3 Å². The van der Waals surface area contributed by atoms with E-state index in [0.717, 1.165) is 23.3 Å². The van der Waals surface area contributed by atoms with Gasteiger partial charge < -0.3 is 14.6 Å². The second-order valence-electron chi connectivity index (χ2n) is 9.24. The van der Waals surface area contributed by atoms with Gasteiger partial charge in [0.1, 0.15) is 6.04 Å². The molecule has 1 aliphatic rings. The molecule has 1 amide bonds. The van der Waals surface area contributed by atoms with Crippen molar-refractivity contribution < 1.29 is 27.9 Å². The van der Waals surface area contributed by atoms with Gasteiger partial charge >= 0.3 is 12.1 Å². The highest BCUT2D eigenvalue weighted by Gasteiger charge is 2.40. The summed E-state index contributed by atoms with van der Waals surface area (Å²) in [4.78, 5) is 32.1. The fourth-order valence-electron chi connectivity index (χ4n) is 4.90. The van der Waals surface area contributed by atoms with Crippen molar-refractivity contribution in [3.8, 4) is 0 Å². The van der Waals surface area contributed by atoms with Gasteiger partial charge in [-0.25, -0.2) is 9.78 Å². The lowest BCUT2D eigenvalue weighted by Gasteiger charge is -2.35. The molecule has 38 heavy (non-hydrogen) atoms. The van der Waals surface area contributed by atoms with Gasteiger partial charge in [0.05, 0.1) is 30.0 Å². The number of fused-ring (bicyclic) bond motifs is 1. The van der Waals surface area contributed by atoms with Gasteiger partial charge in [0.2, 0.25) is 5.91 Å². The fourth-order valence-corrected chi connectivity index (χ4v) is 4.90. The Hall–Kier alpha value is -4.40. The predicted octanol–water partition coefficient (Wildman–Crippen LogP) is 5.12. The lowest BCUT2D eigenvalue weighted by molar-refractivity contribution is -0.151. The molecule has 0 saturated heterocycles. The summed E-state index contributed by atoms with van der Waals surface area (Å²) < 4.78 is 40.5. The Kier molecular flexibility index (Phi) is 6.75. The predicted molar refractivity (Wildman–Crippen MR) is 133 cm³/mol. The molecular formula is C29H24F3N3O3. The number of halogens is 3. The summed E-state index contributed by atoms with van der Waals surface area (Å²) in [6.07, 6.45) is -2.84. The minimum Gasteiger partial charge on any atom is -0.480 e. The van der Waals surface area contributed by atoms with Crippen molar-refractivity contribution in [1.29, 1.82) is 0 Å². The van der Waals surface area contributed by atoms with Gasteiger partial charge in [0, 0.05) is 18.7 Å². The smallest absolute Gasteiger partial charge is 0.416 e. The van der Waals surface area contributed by atoms with Crippen LogP contribution in [0.15, 0.2) is 91.3 Å². The molecule has 0 aliphatic carbocycles. The molecule has 0 spiro atoms. The maximum absolute atomic E-state index is 14.0. The average molecular weight is 520 g/mol. The van der Waals surface area contributed by atoms with E-state index in [1.807, 2.05) is 60.7 Å². The van der Waals surface area contributed by atoms with E-state index in [9.17, 15) is 27.9 Å². The summed E-state index contributed by atoms with van der Waals surface area (Å²) in [5, 5.41) is 10.1. The minimum absolute atomic E-state index is 0.0152. The van der Waals surface area contributed by atoms with Gasteiger partial charge in [-0.2, -0.15) is 13.2 Å². The number of nitrogens with zero attached hydrogens (tertiary/aromatic N) is 3. The van der Waals surface area contributed by atoms with E-state index in [0.29, 0.717) is 17.0 Å². The molecule has 6 nitrogen and oxygen atoms in total. The molecule has 9 heteroatoms. The molecule has 1 aliphatic heterocycles. The van der Waals surface area contributed by atoms with Crippen molar-refractivity contribution in [1.82, 2.24) is 14.5 Å². The molecule has 0 radical (unpaired) electrons. The van der Waals surface area contributed by atoms with Crippen LogP contribution in [0.5, 0.6) is 0 Å². The van der Waals surface area contributed by atoms with Crippen molar-refractivity contribution in [2.45, 2.75) is 37.6 Å². The average Bonchev–Trinajstić information content (AvgIpc) is 3.30. The molecule has 1 atom stereocenters. The molecule has 0 bridgehead atoms. The molecule has 4 aromatic rings.